The van der Waals surface area contributed by atoms with Crippen molar-refractivity contribution in [3.8, 4) is 0 Å². The van der Waals surface area contributed by atoms with Crippen molar-refractivity contribution in [3.63, 3.8) is 0 Å². The van der Waals surface area contributed by atoms with E-state index in [1.807, 2.05) is 4.90 Å². The van der Waals surface area contributed by atoms with E-state index in [9.17, 15) is 4.79 Å². The molecule has 0 N–H and O–H groups in total. The fourth-order valence-electron chi connectivity index (χ4n) is 2.42. The highest BCUT2D eigenvalue weighted by atomic mass is 79.9. The van der Waals surface area contributed by atoms with E-state index in [1.165, 1.54) is 17.5 Å². The van der Waals surface area contributed by atoms with E-state index >= 15 is 0 Å². The molecule has 0 aliphatic carbocycles. The molecule has 98 valence electrons. The SMILES string of the molecule is Cc1ccc(C)c(CC(=O)N2CCCC(Br)C2)c1. The lowest BCUT2D eigenvalue weighted by atomic mass is 10.0. The highest BCUT2D eigenvalue weighted by Crippen LogP contribution is 2.19. The number of piperidine rings is 1. The standard InChI is InChI=1S/C15H20BrNO/c1-11-5-6-12(2)13(8-11)9-15(18)17-7-3-4-14(16)10-17/h5-6,8,14H,3-4,7,9-10H2,1-2H3. The Morgan fingerprint density at radius 1 is 1.44 bits per heavy atom. The Hall–Kier alpha value is -0.830. The Bertz CT molecular complexity index is 444. The van der Waals surface area contributed by atoms with Gasteiger partial charge in [-0.15, -0.1) is 0 Å². The number of aryl methyl sites for hydroxylation is 2. The predicted molar refractivity (Wildman–Crippen MR) is 78.1 cm³/mol. The lowest BCUT2D eigenvalue weighted by molar-refractivity contribution is -0.131. The number of carbonyl (C=O) groups excluding carboxylic acids is 1. The maximum Gasteiger partial charge on any atom is 0.227 e. The van der Waals surface area contributed by atoms with Crippen molar-refractivity contribution in [3.05, 3.63) is 34.9 Å². The minimum absolute atomic E-state index is 0.257. The fraction of sp³-hybridized carbons (Fsp3) is 0.533. The van der Waals surface area contributed by atoms with Crippen LogP contribution in [0.4, 0.5) is 0 Å². The normalized spacial score (nSPS) is 19.9. The molecule has 1 fully saturated rings. The molecular weight excluding hydrogens is 290 g/mol. The molecule has 1 heterocycles. The maximum absolute atomic E-state index is 12.3. The first-order valence-electron chi connectivity index (χ1n) is 6.54. The summed E-state index contributed by atoms with van der Waals surface area (Å²) in [7, 11) is 0. The second kappa shape index (κ2) is 5.87. The van der Waals surface area contributed by atoms with Crippen LogP contribution in [0.1, 0.15) is 29.5 Å². The third-order valence-corrected chi connectivity index (χ3v) is 4.31. The number of nitrogens with zero attached hydrogens (tertiary/aromatic N) is 1. The Balaban J connectivity index is 2.04. The minimum Gasteiger partial charge on any atom is -0.341 e. The molecule has 0 radical (unpaired) electrons. The van der Waals surface area contributed by atoms with Gasteiger partial charge in [-0.2, -0.15) is 0 Å². The van der Waals surface area contributed by atoms with Crippen LogP contribution in [0, 0.1) is 13.8 Å². The van der Waals surface area contributed by atoms with E-state index in [0.29, 0.717) is 11.2 Å². The fourth-order valence-corrected chi connectivity index (χ4v) is 3.09. The van der Waals surface area contributed by atoms with Gasteiger partial charge in [0.2, 0.25) is 5.91 Å². The number of likely N-dealkylation sites (tertiary alicyclic amines) is 1. The number of hydrogen-bond acceptors (Lipinski definition) is 1. The van der Waals surface area contributed by atoms with E-state index in [0.717, 1.165) is 25.1 Å². The third-order valence-electron chi connectivity index (χ3n) is 3.56. The summed E-state index contributed by atoms with van der Waals surface area (Å²) in [5, 5.41) is 0. The van der Waals surface area contributed by atoms with Gasteiger partial charge in [-0.1, -0.05) is 39.7 Å². The molecule has 1 unspecified atom stereocenters. The van der Waals surface area contributed by atoms with E-state index in [4.69, 9.17) is 0 Å². The summed E-state index contributed by atoms with van der Waals surface area (Å²) in [4.78, 5) is 14.7. The van der Waals surface area contributed by atoms with Gasteiger partial charge in [0, 0.05) is 17.9 Å². The molecular formula is C15H20BrNO. The monoisotopic (exact) mass is 309 g/mol. The molecule has 1 atom stereocenters. The van der Waals surface area contributed by atoms with Crippen LogP contribution in [-0.4, -0.2) is 28.7 Å². The molecule has 2 nitrogen and oxygen atoms in total. The molecule has 0 spiro atoms. The van der Waals surface area contributed by atoms with Gasteiger partial charge in [-0.3, -0.25) is 4.79 Å². The van der Waals surface area contributed by atoms with Crippen LogP contribution in [0.2, 0.25) is 0 Å². The molecule has 1 saturated heterocycles. The lowest BCUT2D eigenvalue weighted by Crippen LogP contribution is -2.41. The van der Waals surface area contributed by atoms with Gasteiger partial charge < -0.3 is 4.90 Å². The highest BCUT2D eigenvalue weighted by molar-refractivity contribution is 9.09. The van der Waals surface area contributed by atoms with Gasteiger partial charge >= 0.3 is 0 Å². The van der Waals surface area contributed by atoms with Gasteiger partial charge in [-0.25, -0.2) is 0 Å². The number of rotatable bonds is 2. The smallest absolute Gasteiger partial charge is 0.227 e. The summed E-state index contributed by atoms with van der Waals surface area (Å²) in [5.41, 5.74) is 3.60. The second-order valence-corrected chi connectivity index (χ2v) is 6.48. The van der Waals surface area contributed by atoms with Crippen LogP contribution in [0.15, 0.2) is 18.2 Å². The third kappa shape index (κ3) is 3.35. The van der Waals surface area contributed by atoms with Crippen LogP contribution in [-0.2, 0) is 11.2 Å². The van der Waals surface area contributed by atoms with Crippen molar-refractivity contribution in [2.45, 2.75) is 37.9 Å². The van der Waals surface area contributed by atoms with Gasteiger partial charge in [0.25, 0.3) is 0 Å². The molecule has 1 amide bonds. The first-order valence-corrected chi connectivity index (χ1v) is 7.46. The molecule has 1 aliphatic heterocycles. The van der Waals surface area contributed by atoms with Gasteiger partial charge in [0.15, 0.2) is 0 Å². The average Bonchev–Trinajstić information content (AvgIpc) is 2.34. The molecule has 18 heavy (non-hydrogen) atoms. The summed E-state index contributed by atoms with van der Waals surface area (Å²) in [6.45, 7) is 5.91. The van der Waals surface area contributed by atoms with Crippen molar-refractivity contribution in [2.24, 2.45) is 0 Å². The van der Waals surface area contributed by atoms with E-state index in [2.05, 4.69) is 48.0 Å². The van der Waals surface area contributed by atoms with E-state index < -0.39 is 0 Å². The van der Waals surface area contributed by atoms with Crippen molar-refractivity contribution in [2.75, 3.05) is 13.1 Å². The minimum atomic E-state index is 0.257. The van der Waals surface area contributed by atoms with Gasteiger partial charge in [0.05, 0.1) is 6.42 Å². The largest absolute Gasteiger partial charge is 0.341 e. The van der Waals surface area contributed by atoms with E-state index in [1.54, 1.807) is 0 Å². The molecule has 0 aromatic heterocycles. The molecule has 0 saturated carbocycles. The average molecular weight is 310 g/mol. The zero-order chi connectivity index (χ0) is 13.1. The van der Waals surface area contributed by atoms with Crippen LogP contribution < -0.4 is 0 Å². The van der Waals surface area contributed by atoms with Crippen molar-refractivity contribution >= 4 is 21.8 Å². The first kappa shape index (κ1) is 13.6. The lowest BCUT2D eigenvalue weighted by Gasteiger charge is -2.30. The highest BCUT2D eigenvalue weighted by Gasteiger charge is 2.22. The molecule has 2 rings (SSSR count). The number of alkyl halides is 1. The van der Waals surface area contributed by atoms with E-state index in [-0.39, 0.29) is 5.91 Å². The second-order valence-electron chi connectivity index (χ2n) is 5.19. The summed E-state index contributed by atoms with van der Waals surface area (Å²) in [5.74, 6) is 0.257. The van der Waals surface area contributed by atoms with Crippen LogP contribution >= 0.6 is 15.9 Å². The summed E-state index contributed by atoms with van der Waals surface area (Å²) in [6, 6.07) is 6.32. The molecule has 1 aliphatic rings. The number of halogens is 1. The number of carbonyl (C=O) groups is 1. The quantitative estimate of drug-likeness (QED) is 0.768. The first-order chi connectivity index (χ1) is 8.56. The van der Waals surface area contributed by atoms with Crippen molar-refractivity contribution in [1.82, 2.24) is 4.90 Å². The topological polar surface area (TPSA) is 20.3 Å². The number of hydrogen-bond donors (Lipinski definition) is 0. The Labute approximate surface area is 117 Å². The molecule has 0 bridgehead atoms. The maximum atomic E-state index is 12.3. The molecule has 1 aromatic carbocycles. The van der Waals surface area contributed by atoms with Gasteiger partial charge in [0.1, 0.15) is 0 Å². The Morgan fingerprint density at radius 3 is 2.94 bits per heavy atom. The number of benzene rings is 1. The van der Waals surface area contributed by atoms with Crippen molar-refractivity contribution in [1.29, 1.82) is 0 Å². The van der Waals surface area contributed by atoms with Gasteiger partial charge in [-0.05, 0) is 37.8 Å². The van der Waals surface area contributed by atoms with Crippen molar-refractivity contribution < 1.29 is 4.79 Å². The zero-order valence-corrected chi connectivity index (χ0v) is 12.7. The molecule has 1 aromatic rings. The predicted octanol–water partition coefficient (Wildman–Crippen LogP) is 3.23. The summed E-state index contributed by atoms with van der Waals surface area (Å²) >= 11 is 3.61. The summed E-state index contributed by atoms with van der Waals surface area (Å²) < 4.78 is 0. The summed E-state index contributed by atoms with van der Waals surface area (Å²) in [6.07, 6.45) is 2.81. The Morgan fingerprint density at radius 2 is 2.22 bits per heavy atom. The number of amides is 1. The zero-order valence-electron chi connectivity index (χ0n) is 11.1. The van der Waals surface area contributed by atoms with Crippen LogP contribution in [0.25, 0.3) is 0 Å². The Kier molecular flexibility index (Phi) is 4.44. The molecule has 3 heteroatoms. The van der Waals surface area contributed by atoms with Crippen LogP contribution in [0.5, 0.6) is 0 Å². The van der Waals surface area contributed by atoms with Crippen LogP contribution in [0.3, 0.4) is 0 Å².